The Morgan fingerprint density at radius 3 is 2.56 bits per heavy atom. The number of anilines is 1. The summed E-state index contributed by atoms with van der Waals surface area (Å²) in [5.74, 6) is -1.30. The van der Waals surface area contributed by atoms with Crippen molar-refractivity contribution in [3.05, 3.63) is 23.8 Å². The Labute approximate surface area is 240 Å². The maximum absolute atomic E-state index is 13.9. The van der Waals surface area contributed by atoms with Crippen LogP contribution in [0.2, 0.25) is 0 Å². The number of rotatable bonds is 8. The topological polar surface area (TPSA) is 125 Å². The molecule has 1 aromatic rings. The molecule has 1 heterocycles. The van der Waals surface area contributed by atoms with Crippen LogP contribution in [-0.2, 0) is 19.6 Å². The molecule has 10 nitrogen and oxygen atoms in total. The summed E-state index contributed by atoms with van der Waals surface area (Å²) in [7, 11) is -2.21. The molecule has 2 rings (SSSR count). The van der Waals surface area contributed by atoms with Gasteiger partial charge in [0.2, 0.25) is 15.9 Å². The van der Waals surface area contributed by atoms with Crippen molar-refractivity contribution in [2.24, 2.45) is 5.92 Å². The molecule has 0 saturated carbocycles. The SMILES string of the molecule is C[C@@H]1CCCCO[C@@H](CN(C)C(=O)CCC(F)(F)F)[C@H](C)CN([C@H](C)CO)C(=O)c2cc(NS(C)(=O)=O)ccc2O1. The molecule has 0 aromatic heterocycles. The van der Waals surface area contributed by atoms with Crippen LogP contribution in [-0.4, -0.2) is 99.2 Å². The van der Waals surface area contributed by atoms with Gasteiger partial charge in [0.25, 0.3) is 5.91 Å². The zero-order valence-electron chi connectivity index (χ0n) is 24.2. The Morgan fingerprint density at radius 2 is 1.95 bits per heavy atom. The molecule has 234 valence electrons. The van der Waals surface area contributed by atoms with Gasteiger partial charge < -0.3 is 24.4 Å². The molecule has 4 atom stereocenters. The van der Waals surface area contributed by atoms with Crippen molar-refractivity contribution in [3.63, 3.8) is 0 Å². The van der Waals surface area contributed by atoms with Crippen LogP contribution < -0.4 is 9.46 Å². The van der Waals surface area contributed by atoms with Gasteiger partial charge in [0.05, 0.1) is 43.1 Å². The van der Waals surface area contributed by atoms with Crippen molar-refractivity contribution >= 4 is 27.5 Å². The number of halogens is 3. The van der Waals surface area contributed by atoms with E-state index in [1.807, 2.05) is 6.92 Å². The first-order valence-corrected chi connectivity index (χ1v) is 15.5. The van der Waals surface area contributed by atoms with Crippen LogP contribution in [0.15, 0.2) is 18.2 Å². The summed E-state index contributed by atoms with van der Waals surface area (Å²) >= 11 is 0. The number of carbonyl (C=O) groups excluding carboxylic acids is 2. The van der Waals surface area contributed by atoms with E-state index < -0.39 is 58.9 Å². The molecule has 14 heteroatoms. The van der Waals surface area contributed by atoms with Gasteiger partial charge in [0, 0.05) is 44.8 Å². The summed E-state index contributed by atoms with van der Waals surface area (Å²) in [6.45, 7) is 5.37. The Balaban J connectivity index is 2.42. The number of fused-ring (bicyclic) bond motifs is 1. The van der Waals surface area contributed by atoms with E-state index in [0.29, 0.717) is 19.4 Å². The van der Waals surface area contributed by atoms with Crippen LogP contribution in [0, 0.1) is 5.92 Å². The molecule has 0 fully saturated rings. The number of hydrogen-bond donors (Lipinski definition) is 2. The predicted molar refractivity (Wildman–Crippen MR) is 148 cm³/mol. The molecular formula is C27H42F3N3O7S. The summed E-state index contributed by atoms with van der Waals surface area (Å²) in [4.78, 5) is 29.0. The van der Waals surface area contributed by atoms with Gasteiger partial charge in [-0.15, -0.1) is 0 Å². The predicted octanol–water partition coefficient (Wildman–Crippen LogP) is 3.65. The molecule has 41 heavy (non-hydrogen) atoms. The Kier molecular flexibility index (Phi) is 12.7. The minimum Gasteiger partial charge on any atom is -0.490 e. The van der Waals surface area contributed by atoms with Crippen LogP contribution in [0.5, 0.6) is 5.75 Å². The van der Waals surface area contributed by atoms with Crippen LogP contribution >= 0.6 is 0 Å². The largest absolute Gasteiger partial charge is 0.490 e. The average molecular weight is 610 g/mol. The number of ether oxygens (including phenoxy) is 2. The lowest BCUT2D eigenvalue weighted by molar-refractivity contribution is -0.149. The maximum atomic E-state index is 13.9. The summed E-state index contributed by atoms with van der Waals surface area (Å²) in [5, 5.41) is 9.98. The Morgan fingerprint density at radius 1 is 1.27 bits per heavy atom. The van der Waals surface area contributed by atoms with E-state index in [2.05, 4.69) is 4.72 Å². The van der Waals surface area contributed by atoms with E-state index in [1.54, 1.807) is 13.8 Å². The standard InChI is InChI=1S/C27H42F3N3O7S/c1-18-15-33(19(2)17-34)26(36)22-14-21(31-41(5,37)38)9-10-23(22)40-20(3)8-6-7-13-39-24(18)16-32(4)25(35)11-12-27(28,29)30/h9-10,14,18-20,24,31,34H,6-8,11-13,15-17H2,1-5H3/t18-,19-,20-,24+/m1/s1. The fraction of sp³-hybridized carbons (Fsp3) is 0.704. The van der Waals surface area contributed by atoms with Gasteiger partial charge in [0.15, 0.2) is 0 Å². The Hall–Kier alpha value is -2.58. The summed E-state index contributed by atoms with van der Waals surface area (Å²) in [6, 6.07) is 3.77. The van der Waals surface area contributed by atoms with E-state index in [1.165, 1.54) is 35.0 Å². The third-order valence-electron chi connectivity index (χ3n) is 6.86. The van der Waals surface area contributed by atoms with Crippen molar-refractivity contribution in [3.8, 4) is 5.75 Å². The smallest absolute Gasteiger partial charge is 0.389 e. The second kappa shape index (κ2) is 15.1. The first-order valence-electron chi connectivity index (χ1n) is 13.6. The lowest BCUT2D eigenvalue weighted by atomic mass is 10.0. The van der Waals surface area contributed by atoms with Gasteiger partial charge in [-0.25, -0.2) is 8.42 Å². The van der Waals surface area contributed by atoms with Crippen molar-refractivity contribution < 1.29 is 45.8 Å². The first-order chi connectivity index (χ1) is 19.0. The molecule has 1 aliphatic heterocycles. The zero-order valence-corrected chi connectivity index (χ0v) is 25.1. The molecule has 2 amide bonds. The van der Waals surface area contributed by atoms with Crippen LogP contribution in [0.4, 0.5) is 18.9 Å². The number of alkyl halides is 3. The zero-order chi connectivity index (χ0) is 31.0. The number of benzene rings is 1. The number of likely N-dealkylation sites (N-methyl/N-ethyl adjacent to an activating group) is 1. The van der Waals surface area contributed by atoms with E-state index in [9.17, 15) is 36.3 Å². The highest BCUT2D eigenvalue weighted by atomic mass is 32.2. The monoisotopic (exact) mass is 609 g/mol. The third-order valence-corrected chi connectivity index (χ3v) is 7.46. The fourth-order valence-electron chi connectivity index (χ4n) is 4.47. The van der Waals surface area contributed by atoms with Gasteiger partial charge in [0.1, 0.15) is 5.75 Å². The van der Waals surface area contributed by atoms with E-state index in [-0.39, 0.29) is 42.8 Å². The number of amides is 2. The highest BCUT2D eigenvalue weighted by molar-refractivity contribution is 7.92. The molecule has 0 unspecified atom stereocenters. The molecule has 0 bridgehead atoms. The highest BCUT2D eigenvalue weighted by Gasteiger charge is 2.32. The molecular weight excluding hydrogens is 567 g/mol. The summed E-state index contributed by atoms with van der Waals surface area (Å²) in [5.41, 5.74) is 0.272. The van der Waals surface area contributed by atoms with E-state index in [0.717, 1.165) is 12.7 Å². The van der Waals surface area contributed by atoms with E-state index >= 15 is 0 Å². The number of hydrogen-bond acceptors (Lipinski definition) is 7. The first kappa shape index (κ1) is 34.6. The van der Waals surface area contributed by atoms with Crippen molar-refractivity contribution in [1.29, 1.82) is 0 Å². The minimum absolute atomic E-state index is 0.0198. The van der Waals surface area contributed by atoms with Gasteiger partial charge in [-0.05, 0) is 51.3 Å². The van der Waals surface area contributed by atoms with Gasteiger partial charge >= 0.3 is 6.18 Å². The number of nitrogens with zero attached hydrogens (tertiary/aromatic N) is 2. The van der Waals surface area contributed by atoms with Gasteiger partial charge in [-0.3, -0.25) is 14.3 Å². The van der Waals surface area contributed by atoms with Gasteiger partial charge in [-0.1, -0.05) is 6.92 Å². The maximum Gasteiger partial charge on any atom is 0.389 e. The number of aliphatic hydroxyl groups is 1. The normalized spacial score (nSPS) is 22.2. The lowest BCUT2D eigenvalue weighted by Crippen LogP contribution is -2.48. The molecule has 1 aliphatic rings. The molecule has 0 saturated heterocycles. The van der Waals surface area contributed by atoms with E-state index in [4.69, 9.17) is 9.47 Å². The quantitative estimate of drug-likeness (QED) is 0.461. The van der Waals surface area contributed by atoms with Crippen LogP contribution in [0.25, 0.3) is 0 Å². The summed E-state index contributed by atoms with van der Waals surface area (Å²) in [6.07, 6.45) is -4.20. The van der Waals surface area contributed by atoms with Gasteiger partial charge in [-0.2, -0.15) is 13.2 Å². The van der Waals surface area contributed by atoms with Crippen LogP contribution in [0.3, 0.4) is 0 Å². The molecule has 1 aromatic carbocycles. The number of carbonyl (C=O) groups is 2. The third kappa shape index (κ3) is 11.7. The molecule has 0 aliphatic carbocycles. The second-order valence-corrected chi connectivity index (χ2v) is 12.5. The fourth-order valence-corrected chi connectivity index (χ4v) is 5.03. The molecule has 0 radical (unpaired) electrons. The average Bonchev–Trinajstić information content (AvgIpc) is 2.87. The number of aliphatic hydroxyl groups excluding tert-OH is 1. The molecule has 0 spiro atoms. The van der Waals surface area contributed by atoms with Crippen molar-refractivity contribution in [1.82, 2.24) is 9.80 Å². The lowest BCUT2D eigenvalue weighted by Gasteiger charge is -2.36. The van der Waals surface area contributed by atoms with Crippen molar-refractivity contribution in [2.45, 2.75) is 77.3 Å². The number of nitrogens with one attached hydrogen (secondary N) is 1. The highest BCUT2D eigenvalue weighted by Crippen LogP contribution is 2.29. The van der Waals surface area contributed by atoms with Crippen molar-refractivity contribution in [2.75, 3.05) is 44.3 Å². The Bertz CT molecular complexity index is 1130. The number of sulfonamides is 1. The second-order valence-electron chi connectivity index (χ2n) is 10.8. The molecule has 2 N–H and O–H groups in total. The van der Waals surface area contributed by atoms with Crippen LogP contribution in [0.1, 0.15) is 63.2 Å². The summed E-state index contributed by atoms with van der Waals surface area (Å²) < 4.78 is 76.2. The minimum atomic E-state index is -4.44.